The number of carboxylic acid groups (broad SMARTS) is 1. The van der Waals surface area contributed by atoms with Gasteiger partial charge >= 0.3 is 11.9 Å². The van der Waals surface area contributed by atoms with Crippen molar-refractivity contribution in [3.05, 3.63) is 83.1 Å². The zero-order chi connectivity index (χ0) is 21.5. The molecule has 1 N–H and O–H groups in total. The number of carbonyl (C=O) groups excluding carboxylic acids is 1. The summed E-state index contributed by atoms with van der Waals surface area (Å²) in [5, 5.41) is 8.45. The standard InChI is InChI=1S/C24H32O4/c1-7-19(3)28-24(27)22(6)21(5)20(4)18(2)16-14-12-10-8-9-11-13-15-17-23(25)26/h8-17,19H,7H2,1-6H3,(H,25,26). The Morgan fingerprint density at radius 3 is 1.71 bits per heavy atom. The minimum Gasteiger partial charge on any atom is -0.478 e. The predicted octanol–water partition coefficient (Wildman–Crippen LogP) is 5.87. The summed E-state index contributed by atoms with van der Waals surface area (Å²) < 4.78 is 5.39. The van der Waals surface area contributed by atoms with Crippen LogP contribution in [0.3, 0.4) is 0 Å². The van der Waals surface area contributed by atoms with E-state index in [1.807, 2.05) is 71.1 Å². The van der Waals surface area contributed by atoms with Gasteiger partial charge in [0.1, 0.15) is 0 Å². The molecule has 0 aromatic heterocycles. The molecule has 0 heterocycles. The van der Waals surface area contributed by atoms with Gasteiger partial charge in [0.15, 0.2) is 0 Å². The maximum absolute atomic E-state index is 12.2. The van der Waals surface area contributed by atoms with Crippen LogP contribution in [0.15, 0.2) is 83.1 Å². The lowest BCUT2D eigenvalue weighted by atomic mass is 9.99. The number of carbonyl (C=O) groups is 2. The summed E-state index contributed by atoms with van der Waals surface area (Å²) in [6.07, 6.45) is 18.0. The summed E-state index contributed by atoms with van der Waals surface area (Å²) >= 11 is 0. The first kappa shape index (κ1) is 25.1. The largest absolute Gasteiger partial charge is 0.478 e. The number of allylic oxidation sites excluding steroid dienone is 12. The van der Waals surface area contributed by atoms with Crippen molar-refractivity contribution in [2.75, 3.05) is 0 Å². The third kappa shape index (κ3) is 11.0. The Labute approximate surface area is 169 Å². The first-order valence-corrected chi connectivity index (χ1v) is 9.34. The Morgan fingerprint density at radius 2 is 1.25 bits per heavy atom. The van der Waals surface area contributed by atoms with Gasteiger partial charge in [0, 0.05) is 11.6 Å². The van der Waals surface area contributed by atoms with E-state index in [1.165, 1.54) is 6.08 Å². The van der Waals surface area contributed by atoms with Crippen molar-refractivity contribution in [3.8, 4) is 0 Å². The molecule has 28 heavy (non-hydrogen) atoms. The van der Waals surface area contributed by atoms with Crippen LogP contribution in [0.2, 0.25) is 0 Å². The summed E-state index contributed by atoms with van der Waals surface area (Å²) in [5.41, 5.74) is 3.68. The summed E-state index contributed by atoms with van der Waals surface area (Å²) in [5.74, 6) is -1.23. The minimum atomic E-state index is -0.968. The third-order valence-electron chi connectivity index (χ3n) is 4.27. The number of carboxylic acids is 1. The SMILES string of the molecule is CCC(C)OC(=O)C(C)=C(C)C(C)=C(C)C=CC=CC=CC=CC=CC(=O)O. The lowest BCUT2D eigenvalue weighted by Gasteiger charge is -2.14. The zero-order valence-electron chi connectivity index (χ0n) is 17.7. The van der Waals surface area contributed by atoms with Crippen LogP contribution in [0.25, 0.3) is 0 Å². The maximum atomic E-state index is 12.2. The van der Waals surface area contributed by atoms with Gasteiger partial charge in [-0.1, -0.05) is 61.6 Å². The Balaban J connectivity index is 4.89. The van der Waals surface area contributed by atoms with Gasteiger partial charge < -0.3 is 9.84 Å². The smallest absolute Gasteiger partial charge is 0.334 e. The van der Waals surface area contributed by atoms with E-state index in [0.29, 0.717) is 5.57 Å². The number of ether oxygens (including phenoxy) is 1. The molecule has 0 aliphatic carbocycles. The lowest BCUT2D eigenvalue weighted by molar-refractivity contribution is -0.143. The Hall–Kier alpha value is -2.88. The van der Waals surface area contributed by atoms with E-state index in [1.54, 1.807) is 19.1 Å². The average Bonchev–Trinajstić information content (AvgIpc) is 2.66. The van der Waals surface area contributed by atoms with Gasteiger partial charge in [0.25, 0.3) is 0 Å². The first-order chi connectivity index (χ1) is 13.2. The normalized spacial score (nSPS) is 15.6. The molecular formula is C24H32O4. The molecule has 0 rings (SSSR count). The summed E-state index contributed by atoms with van der Waals surface area (Å²) in [4.78, 5) is 22.5. The minimum absolute atomic E-state index is 0.0817. The van der Waals surface area contributed by atoms with Crippen LogP contribution in [0, 0.1) is 0 Å². The molecule has 0 radical (unpaired) electrons. The molecule has 0 amide bonds. The van der Waals surface area contributed by atoms with Gasteiger partial charge in [-0.25, -0.2) is 9.59 Å². The molecule has 152 valence electrons. The highest BCUT2D eigenvalue weighted by atomic mass is 16.5. The highest BCUT2D eigenvalue weighted by Crippen LogP contribution is 2.20. The molecule has 0 spiro atoms. The molecule has 0 aliphatic heterocycles. The van der Waals surface area contributed by atoms with Crippen LogP contribution in [0.4, 0.5) is 0 Å². The molecule has 0 aromatic rings. The third-order valence-corrected chi connectivity index (χ3v) is 4.27. The fraction of sp³-hybridized carbons (Fsp3) is 0.333. The number of rotatable bonds is 10. The number of hydrogen-bond donors (Lipinski definition) is 1. The van der Waals surface area contributed by atoms with Crippen LogP contribution in [0.1, 0.15) is 48.0 Å². The van der Waals surface area contributed by atoms with Crippen LogP contribution in [-0.2, 0) is 14.3 Å². The quantitative estimate of drug-likeness (QED) is 0.291. The predicted molar refractivity (Wildman–Crippen MR) is 116 cm³/mol. The summed E-state index contributed by atoms with van der Waals surface area (Å²) in [6, 6.07) is 0. The van der Waals surface area contributed by atoms with Crippen molar-refractivity contribution in [2.24, 2.45) is 0 Å². The van der Waals surface area contributed by atoms with Gasteiger partial charge in [-0.3, -0.25) is 0 Å². The van der Waals surface area contributed by atoms with Crippen LogP contribution < -0.4 is 0 Å². The topological polar surface area (TPSA) is 63.6 Å². The zero-order valence-corrected chi connectivity index (χ0v) is 17.7. The molecule has 4 nitrogen and oxygen atoms in total. The Morgan fingerprint density at radius 1 is 0.786 bits per heavy atom. The molecule has 0 saturated carbocycles. The van der Waals surface area contributed by atoms with E-state index in [-0.39, 0.29) is 12.1 Å². The Kier molecular flexibility index (Phi) is 12.7. The Bertz CT molecular complexity index is 741. The van der Waals surface area contributed by atoms with Crippen LogP contribution in [-0.4, -0.2) is 23.1 Å². The van der Waals surface area contributed by atoms with Crippen molar-refractivity contribution < 1.29 is 19.4 Å². The van der Waals surface area contributed by atoms with Crippen molar-refractivity contribution in [3.63, 3.8) is 0 Å². The number of aliphatic carboxylic acids is 1. The second kappa shape index (κ2) is 14.2. The second-order valence-electron chi connectivity index (χ2n) is 6.39. The molecule has 0 bridgehead atoms. The summed E-state index contributed by atoms with van der Waals surface area (Å²) in [7, 11) is 0. The van der Waals surface area contributed by atoms with Crippen LogP contribution in [0.5, 0.6) is 0 Å². The van der Waals surface area contributed by atoms with E-state index < -0.39 is 5.97 Å². The molecule has 0 saturated heterocycles. The van der Waals surface area contributed by atoms with Crippen molar-refractivity contribution in [2.45, 2.75) is 54.1 Å². The van der Waals surface area contributed by atoms with Gasteiger partial charge in [0.2, 0.25) is 0 Å². The van der Waals surface area contributed by atoms with Crippen molar-refractivity contribution in [1.29, 1.82) is 0 Å². The fourth-order valence-electron chi connectivity index (χ4n) is 1.93. The van der Waals surface area contributed by atoms with E-state index in [4.69, 9.17) is 9.84 Å². The molecule has 0 fully saturated rings. The molecule has 0 aliphatic rings. The molecule has 0 aromatic carbocycles. The van der Waals surface area contributed by atoms with E-state index in [2.05, 4.69) is 0 Å². The lowest BCUT2D eigenvalue weighted by Crippen LogP contribution is -2.15. The van der Waals surface area contributed by atoms with E-state index >= 15 is 0 Å². The van der Waals surface area contributed by atoms with Crippen molar-refractivity contribution in [1.82, 2.24) is 0 Å². The highest BCUT2D eigenvalue weighted by molar-refractivity contribution is 5.89. The average molecular weight is 385 g/mol. The van der Waals surface area contributed by atoms with Gasteiger partial charge in [-0.15, -0.1) is 0 Å². The monoisotopic (exact) mass is 384 g/mol. The number of hydrogen-bond acceptors (Lipinski definition) is 3. The van der Waals surface area contributed by atoms with Gasteiger partial charge in [-0.2, -0.15) is 0 Å². The van der Waals surface area contributed by atoms with Crippen molar-refractivity contribution >= 4 is 11.9 Å². The highest BCUT2D eigenvalue weighted by Gasteiger charge is 2.13. The molecule has 4 heteroatoms. The van der Waals surface area contributed by atoms with E-state index in [9.17, 15) is 9.59 Å². The maximum Gasteiger partial charge on any atom is 0.334 e. The number of esters is 1. The molecule has 1 atom stereocenters. The fourth-order valence-corrected chi connectivity index (χ4v) is 1.93. The molecule has 1 unspecified atom stereocenters. The second-order valence-corrected chi connectivity index (χ2v) is 6.39. The first-order valence-electron chi connectivity index (χ1n) is 9.34. The molecular weight excluding hydrogens is 352 g/mol. The van der Waals surface area contributed by atoms with Crippen LogP contribution >= 0.6 is 0 Å². The van der Waals surface area contributed by atoms with Gasteiger partial charge in [0.05, 0.1) is 6.10 Å². The summed E-state index contributed by atoms with van der Waals surface area (Å²) in [6.45, 7) is 11.6. The van der Waals surface area contributed by atoms with Gasteiger partial charge in [-0.05, 0) is 57.8 Å². The van der Waals surface area contributed by atoms with E-state index in [0.717, 1.165) is 29.2 Å².